The van der Waals surface area contributed by atoms with Crippen molar-refractivity contribution < 1.29 is 14.4 Å². The summed E-state index contributed by atoms with van der Waals surface area (Å²) in [5.41, 5.74) is 10.1. The van der Waals surface area contributed by atoms with Gasteiger partial charge >= 0.3 is 5.97 Å². The third-order valence-electron chi connectivity index (χ3n) is 6.25. The molecule has 0 aliphatic carbocycles. The minimum Gasteiger partial charge on any atom is -0.481 e. The van der Waals surface area contributed by atoms with Gasteiger partial charge in [-0.1, -0.05) is 59.8 Å². The van der Waals surface area contributed by atoms with E-state index in [4.69, 9.17) is 20.3 Å². The van der Waals surface area contributed by atoms with Crippen LogP contribution >= 0.6 is 11.3 Å². The van der Waals surface area contributed by atoms with Crippen LogP contribution in [-0.2, 0) is 24.3 Å². The molecule has 174 valence electrons. The van der Waals surface area contributed by atoms with E-state index in [9.17, 15) is 4.79 Å². The van der Waals surface area contributed by atoms with Gasteiger partial charge in [0.2, 0.25) is 11.7 Å². The van der Waals surface area contributed by atoms with Gasteiger partial charge in [0.1, 0.15) is 0 Å². The number of likely N-dealkylation sites (tertiary alicyclic amines) is 1. The van der Waals surface area contributed by atoms with Crippen LogP contribution in [0.5, 0.6) is 0 Å². The van der Waals surface area contributed by atoms with E-state index < -0.39 is 5.97 Å². The van der Waals surface area contributed by atoms with Gasteiger partial charge in [-0.15, -0.1) is 11.3 Å². The summed E-state index contributed by atoms with van der Waals surface area (Å²) in [4.78, 5) is 19.0. The first-order valence-electron chi connectivity index (χ1n) is 11.3. The lowest BCUT2D eigenvalue weighted by Gasteiger charge is -2.36. The van der Waals surface area contributed by atoms with Crippen molar-refractivity contribution in [1.29, 1.82) is 0 Å². The van der Waals surface area contributed by atoms with Crippen LogP contribution in [-0.4, -0.2) is 39.2 Å². The molecule has 34 heavy (non-hydrogen) atoms. The Morgan fingerprint density at radius 1 is 1.09 bits per heavy atom. The van der Waals surface area contributed by atoms with E-state index in [0.29, 0.717) is 31.3 Å². The number of aromatic nitrogens is 2. The highest BCUT2D eigenvalue weighted by atomic mass is 32.1. The van der Waals surface area contributed by atoms with E-state index in [1.54, 1.807) is 11.3 Å². The monoisotopic (exact) mass is 474 g/mol. The zero-order valence-electron chi connectivity index (χ0n) is 18.6. The third kappa shape index (κ3) is 4.94. The molecule has 5 rings (SSSR count). The highest BCUT2D eigenvalue weighted by molar-refractivity contribution is 7.10. The largest absolute Gasteiger partial charge is 0.481 e. The van der Waals surface area contributed by atoms with Crippen LogP contribution in [0.15, 0.2) is 70.6 Å². The Labute approximate surface area is 201 Å². The Morgan fingerprint density at radius 2 is 1.79 bits per heavy atom. The van der Waals surface area contributed by atoms with Crippen molar-refractivity contribution in [1.82, 2.24) is 15.0 Å². The Bertz CT molecular complexity index is 1230. The van der Waals surface area contributed by atoms with Crippen molar-refractivity contribution in [3.63, 3.8) is 0 Å². The lowest BCUT2D eigenvalue weighted by molar-refractivity contribution is -0.147. The molecule has 1 atom stereocenters. The number of nitrogens with zero attached hydrogens (tertiary/aromatic N) is 3. The van der Waals surface area contributed by atoms with E-state index >= 15 is 0 Å². The molecule has 3 N–H and O–H groups in total. The molecule has 1 aliphatic heterocycles. The average molecular weight is 475 g/mol. The van der Waals surface area contributed by atoms with Gasteiger partial charge in [-0.2, -0.15) is 4.98 Å². The van der Waals surface area contributed by atoms with Gasteiger partial charge in [-0.3, -0.25) is 9.69 Å². The number of hydrogen-bond donors (Lipinski definition) is 2. The normalized spacial score (nSPS) is 15.2. The molecule has 0 radical (unpaired) electrons. The van der Waals surface area contributed by atoms with Gasteiger partial charge in [0.25, 0.3) is 0 Å². The molecule has 0 spiro atoms. The number of hydrogen-bond acceptors (Lipinski definition) is 7. The van der Waals surface area contributed by atoms with E-state index in [-0.39, 0.29) is 11.8 Å². The highest BCUT2D eigenvalue weighted by Gasteiger charge is 2.32. The van der Waals surface area contributed by atoms with Crippen molar-refractivity contribution >= 4 is 17.3 Å². The summed E-state index contributed by atoms with van der Waals surface area (Å²) in [6.07, 6.45) is 0.763. The molecule has 1 aliphatic rings. The Morgan fingerprint density at radius 3 is 2.44 bits per heavy atom. The number of carboxylic acid groups (broad SMARTS) is 1. The molecule has 4 aromatic rings. The fourth-order valence-electron chi connectivity index (χ4n) is 4.21. The molecule has 0 saturated carbocycles. The second-order valence-electron chi connectivity index (χ2n) is 8.68. The quantitative estimate of drug-likeness (QED) is 0.375. The number of carbonyl (C=O) groups is 1. The summed E-state index contributed by atoms with van der Waals surface area (Å²) in [6.45, 7) is 2.47. The minimum atomic E-state index is -0.715. The number of rotatable bonds is 9. The van der Waals surface area contributed by atoms with E-state index in [2.05, 4.69) is 45.8 Å². The maximum absolute atomic E-state index is 11.0. The molecule has 0 amide bonds. The van der Waals surface area contributed by atoms with Gasteiger partial charge in [-0.05, 0) is 34.6 Å². The standard InChI is InChI=1S/C26H26N4O3S/c27-13-18-5-3-17(4-6-18)12-22(23-2-1-11-34-23)25-28-24(29-33-25)20-9-7-19(8-10-20)14-30-15-21(16-30)26(31)32/h1-11,21-22H,12-16,27H2,(H,31,32). The fraction of sp³-hybridized carbons (Fsp3) is 0.269. The second kappa shape index (κ2) is 9.89. The lowest BCUT2D eigenvalue weighted by atomic mass is 9.97. The van der Waals surface area contributed by atoms with Gasteiger partial charge < -0.3 is 15.4 Å². The lowest BCUT2D eigenvalue weighted by Crippen LogP contribution is -2.49. The SMILES string of the molecule is NCc1ccc(CC(c2nc(-c3ccc(CN4CC(C(=O)O)C4)cc3)no2)c2cccs2)cc1. The molecule has 7 nitrogen and oxygen atoms in total. The van der Waals surface area contributed by atoms with Gasteiger partial charge in [0.05, 0.1) is 11.8 Å². The van der Waals surface area contributed by atoms with Crippen molar-refractivity contribution in [3.05, 3.63) is 93.5 Å². The summed E-state index contributed by atoms with van der Waals surface area (Å²) in [5.74, 6) is 0.193. The van der Waals surface area contributed by atoms with Crippen LogP contribution in [0.1, 0.15) is 33.4 Å². The first kappa shape index (κ1) is 22.5. The van der Waals surface area contributed by atoms with Gasteiger partial charge in [0, 0.05) is 36.6 Å². The predicted octanol–water partition coefficient (Wildman–Crippen LogP) is 4.15. The van der Waals surface area contributed by atoms with Crippen molar-refractivity contribution in [3.8, 4) is 11.4 Å². The second-order valence-corrected chi connectivity index (χ2v) is 9.65. The highest BCUT2D eigenvalue weighted by Crippen LogP contribution is 2.32. The van der Waals surface area contributed by atoms with E-state index in [0.717, 1.165) is 29.7 Å². The van der Waals surface area contributed by atoms with Crippen molar-refractivity contribution in [2.75, 3.05) is 13.1 Å². The Kier molecular flexibility index (Phi) is 6.53. The molecule has 1 fully saturated rings. The first-order chi connectivity index (χ1) is 16.6. The van der Waals surface area contributed by atoms with Crippen LogP contribution in [0.25, 0.3) is 11.4 Å². The molecule has 8 heteroatoms. The molecule has 0 bridgehead atoms. The number of benzene rings is 2. The summed E-state index contributed by atoms with van der Waals surface area (Å²) in [5, 5.41) is 15.4. The molecule has 2 aromatic heterocycles. The van der Waals surface area contributed by atoms with Gasteiger partial charge in [0.15, 0.2) is 0 Å². The molecular weight excluding hydrogens is 448 g/mol. The number of carboxylic acids is 1. The van der Waals surface area contributed by atoms with Crippen LogP contribution in [0.2, 0.25) is 0 Å². The molecule has 3 heterocycles. The van der Waals surface area contributed by atoms with Gasteiger partial charge in [-0.25, -0.2) is 0 Å². The van der Waals surface area contributed by atoms with E-state index in [1.165, 1.54) is 10.4 Å². The maximum atomic E-state index is 11.0. The van der Waals surface area contributed by atoms with Crippen LogP contribution in [0.3, 0.4) is 0 Å². The van der Waals surface area contributed by atoms with Crippen molar-refractivity contribution in [2.45, 2.75) is 25.4 Å². The van der Waals surface area contributed by atoms with Crippen LogP contribution in [0.4, 0.5) is 0 Å². The van der Waals surface area contributed by atoms with Crippen LogP contribution in [0, 0.1) is 5.92 Å². The van der Waals surface area contributed by atoms with E-state index in [1.807, 2.05) is 30.3 Å². The molecule has 1 unspecified atom stereocenters. The Balaban J connectivity index is 1.30. The zero-order valence-corrected chi connectivity index (χ0v) is 19.4. The molecular formula is C26H26N4O3S. The minimum absolute atomic E-state index is 0.0159. The summed E-state index contributed by atoms with van der Waals surface area (Å²) < 4.78 is 5.74. The topological polar surface area (TPSA) is 105 Å². The predicted molar refractivity (Wildman–Crippen MR) is 130 cm³/mol. The first-order valence-corrected chi connectivity index (χ1v) is 12.2. The number of thiophene rings is 1. The number of aliphatic carboxylic acids is 1. The summed E-state index contributed by atoms with van der Waals surface area (Å²) >= 11 is 1.69. The smallest absolute Gasteiger partial charge is 0.309 e. The molecule has 2 aromatic carbocycles. The average Bonchev–Trinajstić information content (AvgIpc) is 3.53. The summed E-state index contributed by atoms with van der Waals surface area (Å²) in [7, 11) is 0. The Hall–Kier alpha value is -3.33. The third-order valence-corrected chi connectivity index (χ3v) is 7.24. The fourth-order valence-corrected chi connectivity index (χ4v) is 5.03. The summed E-state index contributed by atoms with van der Waals surface area (Å²) in [6, 6.07) is 20.5. The van der Waals surface area contributed by atoms with Crippen molar-refractivity contribution in [2.24, 2.45) is 11.7 Å². The zero-order chi connectivity index (χ0) is 23.5. The molecule has 1 saturated heterocycles. The number of nitrogens with two attached hydrogens (primary N) is 1. The van der Waals surface area contributed by atoms with Crippen LogP contribution < -0.4 is 5.73 Å². The maximum Gasteiger partial charge on any atom is 0.309 e.